The summed E-state index contributed by atoms with van der Waals surface area (Å²) in [4.78, 5) is 31.8. The van der Waals surface area contributed by atoms with Gasteiger partial charge in [0, 0.05) is 17.9 Å². The van der Waals surface area contributed by atoms with Gasteiger partial charge in [0.2, 0.25) is 5.91 Å². The Kier molecular flexibility index (Phi) is 6.47. The zero-order chi connectivity index (χ0) is 20.1. The van der Waals surface area contributed by atoms with Crippen molar-refractivity contribution in [2.75, 3.05) is 0 Å². The number of benzene rings is 2. The van der Waals surface area contributed by atoms with E-state index in [1.807, 2.05) is 42.5 Å². The van der Waals surface area contributed by atoms with Crippen LogP contribution in [-0.2, 0) is 11.2 Å². The lowest BCUT2D eigenvalue weighted by atomic mass is 9.96. The second kappa shape index (κ2) is 9.02. The fourth-order valence-electron chi connectivity index (χ4n) is 3.22. The van der Waals surface area contributed by atoms with Crippen molar-refractivity contribution in [1.82, 2.24) is 15.3 Å². The molecule has 2 N–H and O–H groups in total. The van der Waals surface area contributed by atoms with Gasteiger partial charge in [0.25, 0.3) is 5.56 Å². The molecule has 1 heterocycles. The molecule has 6 heteroatoms. The van der Waals surface area contributed by atoms with Crippen molar-refractivity contribution in [3.63, 3.8) is 0 Å². The molecule has 146 valence electrons. The second-order valence-electron chi connectivity index (χ2n) is 7.22. The third kappa shape index (κ3) is 4.98. The molecule has 3 rings (SSSR count). The van der Waals surface area contributed by atoms with Crippen LogP contribution in [0.1, 0.15) is 44.1 Å². The number of aromatic amines is 1. The molecular formula is C22H24ClN3O2. The van der Waals surface area contributed by atoms with Crippen LogP contribution >= 0.6 is 11.6 Å². The first-order chi connectivity index (χ1) is 13.4. The Bertz CT molecular complexity index is 1010. The van der Waals surface area contributed by atoms with Crippen LogP contribution in [0.15, 0.2) is 53.3 Å². The number of carbonyl (C=O) groups is 1. The first-order valence-corrected chi connectivity index (χ1v) is 9.84. The molecule has 0 aliphatic rings. The van der Waals surface area contributed by atoms with Crippen molar-refractivity contribution < 1.29 is 4.79 Å². The lowest BCUT2D eigenvalue weighted by molar-refractivity contribution is -0.122. The number of hydrogen-bond acceptors (Lipinski definition) is 3. The molecule has 1 aromatic heterocycles. The molecule has 5 nitrogen and oxygen atoms in total. The molecule has 1 amide bonds. The zero-order valence-corrected chi connectivity index (χ0v) is 16.8. The quantitative estimate of drug-likeness (QED) is 0.620. The number of amides is 1. The van der Waals surface area contributed by atoms with Gasteiger partial charge < -0.3 is 10.3 Å². The highest BCUT2D eigenvalue weighted by molar-refractivity contribution is 6.30. The highest BCUT2D eigenvalue weighted by Crippen LogP contribution is 2.23. The minimum atomic E-state index is -0.146. The molecule has 0 fully saturated rings. The third-order valence-electron chi connectivity index (χ3n) is 4.69. The maximum Gasteiger partial charge on any atom is 0.258 e. The number of hydrogen-bond donors (Lipinski definition) is 2. The van der Waals surface area contributed by atoms with Crippen molar-refractivity contribution in [1.29, 1.82) is 0 Å². The van der Waals surface area contributed by atoms with E-state index in [0.29, 0.717) is 41.0 Å². The Morgan fingerprint density at radius 3 is 2.57 bits per heavy atom. The number of H-pyrrole nitrogens is 1. The summed E-state index contributed by atoms with van der Waals surface area (Å²) in [6.07, 6.45) is 1.52. The van der Waals surface area contributed by atoms with Crippen molar-refractivity contribution in [2.45, 2.75) is 39.2 Å². The van der Waals surface area contributed by atoms with E-state index in [-0.39, 0.29) is 23.4 Å². The number of para-hydroxylation sites is 1. The Labute approximate surface area is 169 Å². The van der Waals surface area contributed by atoms with Crippen LogP contribution in [-0.4, -0.2) is 15.9 Å². The molecule has 3 aromatic rings. The number of fused-ring (bicyclic) bond motifs is 1. The number of carbonyl (C=O) groups excluding carboxylic acids is 1. The van der Waals surface area contributed by atoms with E-state index in [1.54, 1.807) is 6.07 Å². The number of aryl methyl sites for hydroxylation is 1. The summed E-state index contributed by atoms with van der Waals surface area (Å²) in [5.41, 5.74) is 1.56. The highest BCUT2D eigenvalue weighted by atomic mass is 35.5. The van der Waals surface area contributed by atoms with Crippen LogP contribution < -0.4 is 10.9 Å². The van der Waals surface area contributed by atoms with E-state index in [0.717, 1.165) is 5.56 Å². The van der Waals surface area contributed by atoms with Gasteiger partial charge in [0.05, 0.1) is 16.9 Å². The van der Waals surface area contributed by atoms with Crippen molar-refractivity contribution in [2.24, 2.45) is 5.92 Å². The largest absolute Gasteiger partial charge is 0.349 e. The molecule has 0 spiro atoms. The van der Waals surface area contributed by atoms with Crippen LogP contribution in [0.5, 0.6) is 0 Å². The molecule has 28 heavy (non-hydrogen) atoms. The fourth-order valence-corrected chi connectivity index (χ4v) is 3.35. The predicted octanol–water partition coefficient (Wildman–Crippen LogP) is 4.41. The number of aromatic nitrogens is 2. The summed E-state index contributed by atoms with van der Waals surface area (Å²) in [5, 5.41) is 4.36. The van der Waals surface area contributed by atoms with Gasteiger partial charge in [-0.3, -0.25) is 9.59 Å². The Morgan fingerprint density at radius 2 is 1.86 bits per heavy atom. The van der Waals surface area contributed by atoms with Gasteiger partial charge in [-0.25, -0.2) is 4.98 Å². The summed E-state index contributed by atoms with van der Waals surface area (Å²) < 4.78 is 0. The van der Waals surface area contributed by atoms with Gasteiger partial charge in [-0.1, -0.05) is 49.7 Å². The molecule has 1 atom stereocenters. The highest BCUT2D eigenvalue weighted by Gasteiger charge is 2.18. The van der Waals surface area contributed by atoms with Gasteiger partial charge in [-0.05, 0) is 42.2 Å². The van der Waals surface area contributed by atoms with E-state index >= 15 is 0 Å². The summed E-state index contributed by atoms with van der Waals surface area (Å²) >= 11 is 5.96. The lowest BCUT2D eigenvalue weighted by Crippen LogP contribution is -2.31. The molecule has 0 saturated carbocycles. The summed E-state index contributed by atoms with van der Waals surface area (Å²) in [6, 6.07) is 14.7. The average molecular weight is 398 g/mol. The van der Waals surface area contributed by atoms with E-state index in [2.05, 4.69) is 29.1 Å². The van der Waals surface area contributed by atoms with Crippen LogP contribution in [0.3, 0.4) is 0 Å². The van der Waals surface area contributed by atoms with Crippen LogP contribution in [0.4, 0.5) is 0 Å². The summed E-state index contributed by atoms with van der Waals surface area (Å²) in [6.45, 7) is 4.15. The predicted molar refractivity (Wildman–Crippen MR) is 112 cm³/mol. The summed E-state index contributed by atoms with van der Waals surface area (Å²) in [5.74, 6) is 0.843. The minimum absolute atomic E-state index is 0.0169. The zero-order valence-electron chi connectivity index (χ0n) is 16.0. The number of rotatable bonds is 7. The summed E-state index contributed by atoms with van der Waals surface area (Å²) in [7, 11) is 0. The number of halogens is 1. The normalized spacial score (nSPS) is 12.3. The molecule has 2 aromatic carbocycles. The minimum Gasteiger partial charge on any atom is -0.349 e. The Morgan fingerprint density at radius 1 is 1.14 bits per heavy atom. The van der Waals surface area contributed by atoms with Crippen molar-refractivity contribution in [3.05, 3.63) is 75.3 Å². The van der Waals surface area contributed by atoms with Crippen LogP contribution in [0, 0.1) is 5.92 Å². The number of nitrogens with one attached hydrogen (secondary N) is 2. The Hall–Kier alpha value is -2.66. The van der Waals surface area contributed by atoms with E-state index in [4.69, 9.17) is 11.6 Å². The van der Waals surface area contributed by atoms with Gasteiger partial charge >= 0.3 is 0 Å². The van der Waals surface area contributed by atoms with Gasteiger partial charge in [-0.2, -0.15) is 0 Å². The molecule has 0 aliphatic heterocycles. The number of nitrogens with zero attached hydrogens (tertiary/aromatic N) is 1. The van der Waals surface area contributed by atoms with E-state index < -0.39 is 0 Å². The molecule has 0 aliphatic carbocycles. The van der Waals surface area contributed by atoms with Crippen molar-refractivity contribution in [3.8, 4) is 0 Å². The fraction of sp³-hybridized carbons (Fsp3) is 0.318. The molecular weight excluding hydrogens is 374 g/mol. The standard InChI is InChI=1S/C22H24ClN3O2/c1-14(2)21(15-10-12-16(23)13-11-15)26-20(27)9-5-8-19-24-18-7-4-3-6-17(18)22(28)25-19/h3-4,6-7,10-14,21H,5,8-9H2,1-2H3,(H,26,27)(H,24,25,28). The lowest BCUT2D eigenvalue weighted by Gasteiger charge is -2.23. The first-order valence-electron chi connectivity index (χ1n) is 9.47. The van der Waals surface area contributed by atoms with Gasteiger partial charge in [0.1, 0.15) is 5.82 Å². The smallest absolute Gasteiger partial charge is 0.258 e. The maximum absolute atomic E-state index is 12.4. The molecule has 0 radical (unpaired) electrons. The maximum atomic E-state index is 12.4. The van der Waals surface area contributed by atoms with Crippen LogP contribution in [0.25, 0.3) is 10.9 Å². The molecule has 0 bridgehead atoms. The third-order valence-corrected chi connectivity index (χ3v) is 4.94. The van der Waals surface area contributed by atoms with Crippen LogP contribution in [0.2, 0.25) is 5.02 Å². The van der Waals surface area contributed by atoms with Gasteiger partial charge in [0.15, 0.2) is 0 Å². The molecule has 0 saturated heterocycles. The monoisotopic (exact) mass is 397 g/mol. The average Bonchev–Trinajstić information content (AvgIpc) is 2.67. The first kappa shape index (κ1) is 20.1. The van der Waals surface area contributed by atoms with Gasteiger partial charge in [-0.15, -0.1) is 0 Å². The van der Waals surface area contributed by atoms with E-state index in [1.165, 1.54) is 0 Å². The second-order valence-corrected chi connectivity index (χ2v) is 7.66. The molecule has 1 unspecified atom stereocenters. The van der Waals surface area contributed by atoms with E-state index in [9.17, 15) is 9.59 Å². The van der Waals surface area contributed by atoms with Crippen molar-refractivity contribution >= 4 is 28.4 Å². The SMILES string of the molecule is CC(C)C(NC(=O)CCCc1nc2ccccc2c(=O)[nH]1)c1ccc(Cl)cc1. The topological polar surface area (TPSA) is 74.8 Å². The Balaban J connectivity index is 1.59.